The molecule has 0 spiro atoms. The molecule has 1 N–H and O–H groups in total. The minimum Gasteiger partial charge on any atom is -0.463 e. The molecule has 1 amide bonds. The van der Waals surface area contributed by atoms with Crippen molar-refractivity contribution >= 4 is 29.8 Å². The highest BCUT2D eigenvalue weighted by Gasteiger charge is 2.52. The summed E-state index contributed by atoms with van der Waals surface area (Å²) in [6, 6.07) is 14.9. The maximum atomic E-state index is 13.0. The minimum atomic E-state index is -1.52. The van der Waals surface area contributed by atoms with E-state index in [9.17, 15) is 24.0 Å². The largest absolute Gasteiger partial charge is 0.463 e. The third kappa shape index (κ3) is 7.61. The summed E-state index contributed by atoms with van der Waals surface area (Å²) in [5, 5.41) is 2.67. The van der Waals surface area contributed by atoms with Gasteiger partial charge in [-0.3, -0.25) is 19.2 Å². The van der Waals surface area contributed by atoms with Crippen molar-refractivity contribution in [1.29, 1.82) is 0 Å². The summed E-state index contributed by atoms with van der Waals surface area (Å²) in [5.41, 5.74) is 0.463. The minimum absolute atomic E-state index is 0.196. The van der Waals surface area contributed by atoms with E-state index in [0.29, 0.717) is 0 Å². The summed E-state index contributed by atoms with van der Waals surface area (Å²) in [6.45, 7) is 3.02. The van der Waals surface area contributed by atoms with Crippen molar-refractivity contribution in [2.75, 3.05) is 6.61 Å². The van der Waals surface area contributed by atoms with Gasteiger partial charge in [-0.2, -0.15) is 0 Å². The van der Waals surface area contributed by atoms with Crippen LogP contribution in [0.15, 0.2) is 60.7 Å². The first kappa shape index (κ1) is 27.3. The van der Waals surface area contributed by atoms with Gasteiger partial charge in [0.25, 0.3) is 5.91 Å². The molecule has 0 radical (unpaired) electrons. The van der Waals surface area contributed by atoms with Crippen LogP contribution in [0.1, 0.15) is 41.5 Å². The number of carbonyl (C=O) groups excluding carboxylic acids is 5. The van der Waals surface area contributed by atoms with Crippen LogP contribution in [0.3, 0.4) is 0 Å². The van der Waals surface area contributed by atoms with Crippen molar-refractivity contribution < 1.29 is 47.7 Å². The molecule has 2 aromatic rings. The zero-order chi connectivity index (χ0) is 26.9. The quantitative estimate of drug-likeness (QED) is 0.410. The van der Waals surface area contributed by atoms with Crippen molar-refractivity contribution in [3.05, 3.63) is 71.8 Å². The van der Waals surface area contributed by atoms with Crippen LogP contribution >= 0.6 is 0 Å². The lowest BCUT2D eigenvalue weighted by Crippen LogP contribution is -2.67. The third-order valence-corrected chi connectivity index (χ3v) is 5.27. The number of ether oxygens (including phenoxy) is 5. The first-order chi connectivity index (χ1) is 17.7. The second-order valence-electron chi connectivity index (χ2n) is 8.13. The van der Waals surface area contributed by atoms with Gasteiger partial charge in [0, 0.05) is 26.3 Å². The molecule has 11 nitrogen and oxygen atoms in total. The molecule has 0 aromatic heterocycles. The van der Waals surface area contributed by atoms with E-state index in [1.165, 1.54) is 19.1 Å². The van der Waals surface area contributed by atoms with Crippen molar-refractivity contribution in [1.82, 2.24) is 5.32 Å². The van der Waals surface area contributed by atoms with Gasteiger partial charge in [0.15, 0.2) is 12.2 Å². The van der Waals surface area contributed by atoms with E-state index in [2.05, 4.69) is 5.32 Å². The summed E-state index contributed by atoms with van der Waals surface area (Å²) in [7, 11) is 0. The van der Waals surface area contributed by atoms with Crippen LogP contribution in [-0.4, -0.2) is 67.0 Å². The second-order valence-corrected chi connectivity index (χ2v) is 8.13. The van der Waals surface area contributed by atoms with Crippen LogP contribution in [0.25, 0.3) is 0 Å². The van der Waals surface area contributed by atoms with Gasteiger partial charge in [0.1, 0.15) is 18.8 Å². The van der Waals surface area contributed by atoms with E-state index in [1.807, 2.05) is 0 Å². The van der Waals surface area contributed by atoms with Crippen LogP contribution in [0.4, 0.5) is 0 Å². The fraction of sp³-hybridized carbons (Fsp3) is 0.346. The molecule has 1 saturated heterocycles. The summed E-state index contributed by atoms with van der Waals surface area (Å²) in [5.74, 6) is -3.53. The van der Waals surface area contributed by atoms with Crippen molar-refractivity contribution in [3.8, 4) is 0 Å². The van der Waals surface area contributed by atoms with Gasteiger partial charge >= 0.3 is 23.9 Å². The number of carbonyl (C=O) groups is 5. The standard InChI is InChI=1S/C26H27NO10/c1-15(28)33-14-20-22(34-16(2)29)23(35-17(3)30)21(27-24(31)18-10-6-4-7-11-18)26(36-20)37-25(32)19-12-8-5-9-13-19/h4-13,20-23,26H,14H2,1-3H3,(H,27,31). The van der Waals surface area contributed by atoms with Crippen molar-refractivity contribution in [2.24, 2.45) is 0 Å². The molecule has 1 aliphatic heterocycles. The Morgan fingerprint density at radius 3 is 1.81 bits per heavy atom. The number of rotatable bonds is 8. The molecule has 196 valence electrons. The molecule has 11 heteroatoms. The van der Waals surface area contributed by atoms with Crippen LogP contribution in [0.2, 0.25) is 0 Å². The lowest BCUT2D eigenvalue weighted by Gasteiger charge is -2.44. The highest BCUT2D eigenvalue weighted by molar-refractivity contribution is 5.94. The van der Waals surface area contributed by atoms with Gasteiger partial charge < -0.3 is 29.0 Å². The molecule has 1 aliphatic rings. The Morgan fingerprint density at radius 1 is 0.730 bits per heavy atom. The van der Waals surface area contributed by atoms with Gasteiger partial charge in [-0.25, -0.2) is 4.79 Å². The summed E-state index contributed by atoms with van der Waals surface area (Å²) >= 11 is 0. The smallest absolute Gasteiger partial charge is 0.340 e. The molecular formula is C26H27NO10. The highest BCUT2D eigenvalue weighted by Crippen LogP contribution is 2.29. The number of amides is 1. The number of benzene rings is 2. The second kappa shape index (κ2) is 12.6. The molecule has 5 unspecified atom stereocenters. The first-order valence-corrected chi connectivity index (χ1v) is 11.4. The van der Waals surface area contributed by atoms with Crippen molar-refractivity contribution in [2.45, 2.75) is 51.4 Å². The average Bonchev–Trinajstić information content (AvgIpc) is 2.86. The van der Waals surface area contributed by atoms with E-state index >= 15 is 0 Å². The van der Waals surface area contributed by atoms with Gasteiger partial charge in [-0.05, 0) is 24.3 Å². The molecular weight excluding hydrogens is 486 g/mol. The first-order valence-electron chi connectivity index (χ1n) is 11.4. The summed E-state index contributed by atoms with van der Waals surface area (Å²) < 4.78 is 27.4. The fourth-order valence-electron chi connectivity index (χ4n) is 3.73. The van der Waals surface area contributed by atoms with E-state index in [-0.39, 0.29) is 11.1 Å². The van der Waals surface area contributed by atoms with E-state index in [0.717, 1.165) is 13.8 Å². The summed E-state index contributed by atoms with van der Waals surface area (Å²) in [6.07, 6.45) is -5.39. The Balaban J connectivity index is 2.00. The van der Waals surface area contributed by atoms with Crippen molar-refractivity contribution in [3.63, 3.8) is 0 Å². The Kier molecular flexibility index (Phi) is 9.33. The molecule has 1 fully saturated rings. The van der Waals surface area contributed by atoms with Crippen LogP contribution in [0, 0.1) is 0 Å². The monoisotopic (exact) mass is 513 g/mol. The zero-order valence-electron chi connectivity index (χ0n) is 20.4. The molecule has 0 saturated carbocycles. The number of nitrogens with one attached hydrogen (secondary N) is 1. The Morgan fingerprint density at radius 2 is 1.27 bits per heavy atom. The van der Waals surface area contributed by atoms with Crippen LogP contribution in [0.5, 0.6) is 0 Å². The predicted octanol–water partition coefficient (Wildman–Crippen LogP) is 1.79. The number of hydrogen-bond acceptors (Lipinski definition) is 10. The maximum absolute atomic E-state index is 13.0. The molecule has 1 heterocycles. The Bertz CT molecular complexity index is 1120. The Hall–Kier alpha value is -4.25. The van der Waals surface area contributed by atoms with Gasteiger partial charge in [0.2, 0.25) is 6.29 Å². The highest BCUT2D eigenvalue weighted by atomic mass is 16.7. The average molecular weight is 513 g/mol. The lowest BCUT2D eigenvalue weighted by atomic mass is 9.95. The molecule has 37 heavy (non-hydrogen) atoms. The molecule has 3 rings (SSSR count). The maximum Gasteiger partial charge on any atom is 0.340 e. The van der Waals surface area contributed by atoms with E-state index in [1.54, 1.807) is 48.5 Å². The van der Waals surface area contributed by atoms with Gasteiger partial charge in [0.05, 0.1) is 5.56 Å². The third-order valence-electron chi connectivity index (χ3n) is 5.27. The summed E-state index contributed by atoms with van der Waals surface area (Å²) in [4.78, 5) is 61.4. The number of hydrogen-bond donors (Lipinski definition) is 1. The molecule has 5 atom stereocenters. The Labute approximate surface area is 213 Å². The van der Waals surface area contributed by atoms with Gasteiger partial charge in [-0.15, -0.1) is 0 Å². The van der Waals surface area contributed by atoms with Crippen LogP contribution in [-0.2, 0) is 38.1 Å². The zero-order valence-corrected chi connectivity index (χ0v) is 20.4. The lowest BCUT2D eigenvalue weighted by molar-refractivity contribution is -0.262. The predicted molar refractivity (Wildman–Crippen MR) is 126 cm³/mol. The normalized spacial score (nSPS) is 22.7. The molecule has 0 aliphatic carbocycles. The molecule has 0 bridgehead atoms. The van der Waals surface area contributed by atoms with E-state index < -0.39 is 67.0 Å². The number of esters is 4. The SMILES string of the molecule is CC(=O)OCC1OC(OC(=O)c2ccccc2)C(NC(=O)c2ccccc2)C(OC(C)=O)C1OC(C)=O. The molecule has 2 aromatic carbocycles. The topological polar surface area (TPSA) is 144 Å². The van der Waals surface area contributed by atoms with Gasteiger partial charge in [-0.1, -0.05) is 36.4 Å². The van der Waals surface area contributed by atoms with Crippen LogP contribution < -0.4 is 5.32 Å². The fourth-order valence-corrected chi connectivity index (χ4v) is 3.73. The van der Waals surface area contributed by atoms with E-state index in [4.69, 9.17) is 23.7 Å².